The molecule has 0 amide bonds. The molecule has 0 saturated heterocycles. The summed E-state index contributed by atoms with van der Waals surface area (Å²) in [6.07, 6.45) is 24.8. The van der Waals surface area contributed by atoms with Gasteiger partial charge in [-0.3, -0.25) is 0 Å². The van der Waals surface area contributed by atoms with E-state index in [9.17, 15) is 44.6 Å². The number of nitrogens with zero attached hydrogens (tertiary/aromatic N) is 3. The Labute approximate surface area is 610 Å². The maximum absolute atomic E-state index is 12.9. The highest BCUT2D eigenvalue weighted by atomic mass is 16.6. The second-order valence-electron chi connectivity index (χ2n) is 25.7. The van der Waals surface area contributed by atoms with Crippen molar-refractivity contribution in [1.29, 1.82) is 15.8 Å². The molecule has 21 nitrogen and oxygen atoms in total. The Hall–Kier alpha value is -10.9. The van der Waals surface area contributed by atoms with E-state index in [0.717, 1.165) is 154 Å². The molecule has 105 heavy (non-hydrogen) atoms. The lowest BCUT2D eigenvalue weighted by Crippen LogP contribution is -2.26. The van der Waals surface area contributed by atoms with Crippen LogP contribution in [0.25, 0.3) is 32.9 Å². The Morgan fingerprint density at radius 1 is 0.314 bits per heavy atom. The molecule has 0 N–H and O–H groups in total. The molecule has 0 atom stereocenters. The first-order valence-corrected chi connectivity index (χ1v) is 36.5. The summed E-state index contributed by atoms with van der Waals surface area (Å²) < 4.78 is 68.6. The van der Waals surface area contributed by atoms with Crippen molar-refractivity contribution in [2.75, 3.05) is 52.9 Å². The van der Waals surface area contributed by atoms with Crippen molar-refractivity contribution < 1.29 is 70.3 Å². The van der Waals surface area contributed by atoms with Gasteiger partial charge in [-0.2, -0.15) is 15.8 Å². The van der Waals surface area contributed by atoms with E-state index >= 15 is 0 Å². The standard InChI is InChI=1S/C84H89N3O18/c85-55-66-49-63(82(91)100-69-34-25-60-31-40-79(88)103-76(60)52-69)28-37-73(66)97-46-22-16-10-3-1-7-13-19-43-94-58-72(96-45-21-15-9-5-6-12-18-24-48-99-75-39-30-65(51-68(75)57-87)84(93)102-71-36-27-62-33-42-81(90)105-78(62)54-71)59-95-44-20-14-8-2-4-11-17-23-47-98-74-38-29-64(50-67(74)56-86)83(92)101-70-35-26-61-32-41-80(89)104-77(61)53-70/h25-42,49-54,72H,1-24,43-48,58-59H2. The van der Waals surface area contributed by atoms with Crippen LogP contribution in [-0.2, 0) is 14.2 Å². The third-order valence-electron chi connectivity index (χ3n) is 17.6. The molecule has 9 rings (SSSR count). The van der Waals surface area contributed by atoms with Crippen molar-refractivity contribution in [2.24, 2.45) is 0 Å². The van der Waals surface area contributed by atoms with Crippen LogP contribution in [0.2, 0.25) is 0 Å². The van der Waals surface area contributed by atoms with Crippen LogP contribution in [0.1, 0.15) is 202 Å². The largest absolute Gasteiger partial charge is 0.492 e. The van der Waals surface area contributed by atoms with Crippen molar-refractivity contribution in [1.82, 2.24) is 0 Å². The van der Waals surface area contributed by atoms with Crippen LogP contribution in [0.15, 0.2) is 173 Å². The molecule has 0 aliphatic rings. The molecule has 3 aromatic heterocycles. The molecule has 3 heterocycles. The summed E-state index contributed by atoms with van der Waals surface area (Å²) in [5.74, 6) is -0.0992. The zero-order valence-corrected chi connectivity index (χ0v) is 59.3. The van der Waals surface area contributed by atoms with Gasteiger partial charge in [-0.1, -0.05) is 116 Å². The lowest BCUT2D eigenvalue weighted by atomic mass is 10.1. The fourth-order valence-electron chi connectivity index (χ4n) is 11.8. The highest BCUT2D eigenvalue weighted by molar-refractivity contribution is 5.94. The minimum Gasteiger partial charge on any atom is -0.492 e. The number of nitriles is 3. The molecule has 21 heteroatoms. The third kappa shape index (κ3) is 26.4. The Bertz CT molecular complexity index is 4440. The lowest BCUT2D eigenvalue weighted by Gasteiger charge is -2.18. The maximum Gasteiger partial charge on any atom is 0.343 e. The first-order valence-electron chi connectivity index (χ1n) is 36.5. The van der Waals surface area contributed by atoms with Crippen molar-refractivity contribution in [3.8, 4) is 52.7 Å². The van der Waals surface area contributed by atoms with Gasteiger partial charge in [0.05, 0.1) is 66.4 Å². The molecule has 0 fully saturated rings. The van der Waals surface area contributed by atoms with Gasteiger partial charge in [-0.15, -0.1) is 0 Å². The number of fused-ring (bicyclic) bond motifs is 3. The SMILES string of the molecule is N#Cc1cc(C(=O)Oc2ccc3ccc(=O)oc3c2)ccc1OCCCCCCCCCCOCC(COCCCCCCCCCCOc1ccc(C(=O)Oc2ccc3ccc(=O)oc3c2)cc1C#N)OCCCCCCCCCCOc1ccc(C(=O)Oc2ccc3ccc(=O)oc3c2)cc1C#N. The van der Waals surface area contributed by atoms with E-state index in [1.165, 1.54) is 54.6 Å². The number of hydrogen-bond donors (Lipinski definition) is 0. The second kappa shape index (κ2) is 43.3. The zero-order chi connectivity index (χ0) is 73.6. The van der Waals surface area contributed by atoms with Gasteiger partial charge in [0.2, 0.25) is 0 Å². The van der Waals surface area contributed by atoms with Gasteiger partial charge in [0.1, 0.15) is 75.6 Å². The second-order valence-corrected chi connectivity index (χ2v) is 25.7. The maximum atomic E-state index is 12.9. The van der Waals surface area contributed by atoms with E-state index in [0.29, 0.717) is 103 Å². The number of benzene rings is 6. The number of carbonyl (C=O) groups excluding carboxylic acids is 3. The van der Waals surface area contributed by atoms with Gasteiger partial charge in [0.15, 0.2) is 0 Å². The summed E-state index contributed by atoms with van der Waals surface area (Å²) in [4.78, 5) is 73.7. The van der Waals surface area contributed by atoms with E-state index in [-0.39, 0.29) is 56.7 Å². The first-order chi connectivity index (χ1) is 51.4. The van der Waals surface area contributed by atoms with Gasteiger partial charge < -0.3 is 55.9 Å². The van der Waals surface area contributed by atoms with Gasteiger partial charge in [-0.25, -0.2) is 28.8 Å². The van der Waals surface area contributed by atoms with E-state index in [1.807, 2.05) is 0 Å². The van der Waals surface area contributed by atoms with E-state index in [4.69, 9.17) is 55.9 Å². The first kappa shape index (κ1) is 78.3. The van der Waals surface area contributed by atoms with E-state index in [2.05, 4.69) is 18.2 Å². The summed E-state index contributed by atoms with van der Waals surface area (Å²) in [5, 5.41) is 31.5. The zero-order valence-electron chi connectivity index (χ0n) is 59.3. The van der Waals surface area contributed by atoms with Crippen LogP contribution in [0.4, 0.5) is 0 Å². The molecule has 0 unspecified atom stereocenters. The molecule has 0 aliphatic heterocycles. The van der Waals surface area contributed by atoms with Crippen LogP contribution in [0, 0.1) is 34.0 Å². The molecule has 548 valence electrons. The normalized spacial score (nSPS) is 11.1. The van der Waals surface area contributed by atoms with Crippen LogP contribution in [-0.4, -0.2) is 76.9 Å². The minimum absolute atomic E-state index is 0.150. The summed E-state index contributed by atoms with van der Waals surface area (Å²) in [6, 6.07) is 43.4. The van der Waals surface area contributed by atoms with Gasteiger partial charge in [0.25, 0.3) is 0 Å². The third-order valence-corrected chi connectivity index (χ3v) is 17.6. The van der Waals surface area contributed by atoms with Crippen molar-refractivity contribution in [3.05, 3.63) is 210 Å². The number of carbonyl (C=O) groups is 3. The van der Waals surface area contributed by atoms with Gasteiger partial charge in [-0.05, 0) is 148 Å². The molecule has 0 aliphatic carbocycles. The number of ether oxygens (including phenoxy) is 9. The van der Waals surface area contributed by atoms with Gasteiger partial charge in [0, 0.05) is 72.4 Å². The average molecular weight is 1430 g/mol. The molecule has 6 aromatic carbocycles. The fourth-order valence-corrected chi connectivity index (χ4v) is 11.8. The fraction of sp³-hybridized carbons (Fsp3) is 0.393. The number of unbranched alkanes of at least 4 members (excludes halogenated alkanes) is 21. The molecule has 0 saturated carbocycles. The molecule has 9 aromatic rings. The highest BCUT2D eigenvalue weighted by Crippen LogP contribution is 2.29. The van der Waals surface area contributed by atoms with Crippen molar-refractivity contribution in [2.45, 2.75) is 160 Å². The van der Waals surface area contributed by atoms with Crippen LogP contribution in [0.3, 0.4) is 0 Å². The topological polar surface area (TPSA) is 296 Å². The lowest BCUT2D eigenvalue weighted by molar-refractivity contribution is -0.0616. The predicted octanol–water partition coefficient (Wildman–Crippen LogP) is 17.6. The van der Waals surface area contributed by atoms with Gasteiger partial charge >= 0.3 is 34.8 Å². The quantitative estimate of drug-likeness (QED) is 0.0148. The monoisotopic (exact) mass is 1430 g/mol. The smallest absolute Gasteiger partial charge is 0.343 e. The molecule has 0 radical (unpaired) electrons. The minimum atomic E-state index is -0.653. The average Bonchev–Trinajstić information content (AvgIpc) is 0.836. The van der Waals surface area contributed by atoms with Crippen LogP contribution in [0.5, 0.6) is 34.5 Å². The van der Waals surface area contributed by atoms with Crippen molar-refractivity contribution in [3.63, 3.8) is 0 Å². The number of hydrogen-bond acceptors (Lipinski definition) is 21. The molecule has 0 spiro atoms. The van der Waals surface area contributed by atoms with Crippen LogP contribution >= 0.6 is 0 Å². The Kier molecular flexibility index (Phi) is 32.3. The Morgan fingerprint density at radius 2 is 0.581 bits per heavy atom. The summed E-state index contributed by atoms with van der Waals surface area (Å²) in [7, 11) is 0. The molecule has 0 bridgehead atoms. The van der Waals surface area contributed by atoms with Crippen molar-refractivity contribution >= 4 is 50.8 Å². The number of rotatable bonds is 47. The van der Waals surface area contributed by atoms with E-state index < -0.39 is 34.8 Å². The summed E-state index contributed by atoms with van der Waals surface area (Å²) >= 11 is 0. The number of esters is 3. The molecular formula is C84H89N3O18. The predicted molar refractivity (Wildman–Crippen MR) is 394 cm³/mol. The Morgan fingerprint density at radius 3 is 0.876 bits per heavy atom. The Balaban J connectivity index is 0.603. The molecular weight excluding hydrogens is 1340 g/mol. The highest BCUT2D eigenvalue weighted by Gasteiger charge is 2.19. The van der Waals surface area contributed by atoms with Crippen LogP contribution < -0.4 is 45.3 Å². The summed E-state index contributed by atoms with van der Waals surface area (Å²) in [5.41, 5.74) is 0.658. The summed E-state index contributed by atoms with van der Waals surface area (Å²) in [6.45, 7) is 4.27. The van der Waals surface area contributed by atoms with E-state index in [1.54, 1.807) is 91.0 Å².